The van der Waals surface area contributed by atoms with E-state index in [4.69, 9.17) is 27.9 Å². The summed E-state index contributed by atoms with van der Waals surface area (Å²) in [5, 5.41) is 6.19. The molecular formula is C12H14Cl2N2O2. The van der Waals surface area contributed by atoms with Crippen LogP contribution in [0.1, 0.15) is 12.8 Å². The predicted molar refractivity (Wildman–Crippen MR) is 72.5 cm³/mol. The molecule has 1 aromatic rings. The predicted octanol–water partition coefficient (Wildman–Crippen LogP) is 3.29. The van der Waals surface area contributed by atoms with E-state index >= 15 is 0 Å². The molecule has 0 radical (unpaired) electrons. The van der Waals surface area contributed by atoms with Crippen LogP contribution in [0.3, 0.4) is 0 Å². The number of nitrogens with one attached hydrogen (secondary N) is 2. The molecule has 0 aliphatic carbocycles. The second kappa shape index (κ2) is 6.27. The molecule has 1 aliphatic heterocycles. The SMILES string of the molecule is O=C(NCC1CCCO1)Nc1c(Cl)cccc1Cl. The van der Waals surface area contributed by atoms with Gasteiger partial charge < -0.3 is 15.4 Å². The van der Waals surface area contributed by atoms with Gasteiger partial charge in [-0.2, -0.15) is 0 Å². The number of rotatable bonds is 3. The van der Waals surface area contributed by atoms with Crippen molar-refractivity contribution in [2.24, 2.45) is 0 Å². The fraction of sp³-hybridized carbons (Fsp3) is 0.417. The Morgan fingerprint density at radius 3 is 2.72 bits per heavy atom. The number of hydrogen-bond donors (Lipinski definition) is 2. The van der Waals surface area contributed by atoms with Gasteiger partial charge in [0.15, 0.2) is 0 Å². The van der Waals surface area contributed by atoms with E-state index in [1.54, 1.807) is 18.2 Å². The molecule has 18 heavy (non-hydrogen) atoms. The third kappa shape index (κ3) is 3.51. The van der Waals surface area contributed by atoms with E-state index in [9.17, 15) is 4.79 Å². The van der Waals surface area contributed by atoms with E-state index in [-0.39, 0.29) is 12.1 Å². The largest absolute Gasteiger partial charge is 0.376 e. The summed E-state index contributed by atoms with van der Waals surface area (Å²) in [5.41, 5.74) is 0.422. The molecule has 0 aromatic heterocycles. The van der Waals surface area contributed by atoms with Crippen molar-refractivity contribution in [2.75, 3.05) is 18.5 Å². The first-order valence-electron chi connectivity index (χ1n) is 5.77. The molecule has 1 aromatic carbocycles. The number of ether oxygens (including phenoxy) is 1. The summed E-state index contributed by atoms with van der Waals surface area (Å²) in [6, 6.07) is 4.73. The number of carbonyl (C=O) groups is 1. The molecule has 4 nitrogen and oxygen atoms in total. The van der Waals surface area contributed by atoms with Crippen LogP contribution < -0.4 is 10.6 Å². The summed E-state index contributed by atoms with van der Waals surface area (Å²) in [4.78, 5) is 11.7. The fourth-order valence-electron chi connectivity index (χ4n) is 1.79. The van der Waals surface area contributed by atoms with Crippen molar-refractivity contribution in [3.05, 3.63) is 28.2 Å². The summed E-state index contributed by atoms with van der Waals surface area (Å²) >= 11 is 11.9. The maximum Gasteiger partial charge on any atom is 0.319 e. The van der Waals surface area contributed by atoms with Gasteiger partial charge in [-0.1, -0.05) is 29.3 Å². The molecule has 1 atom stereocenters. The Bertz CT molecular complexity index is 414. The molecule has 1 fully saturated rings. The molecule has 1 saturated heterocycles. The van der Waals surface area contributed by atoms with Crippen molar-refractivity contribution in [3.8, 4) is 0 Å². The normalized spacial score (nSPS) is 18.7. The van der Waals surface area contributed by atoms with Crippen molar-refractivity contribution in [2.45, 2.75) is 18.9 Å². The summed E-state index contributed by atoms with van der Waals surface area (Å²) in [7, 11) is 0. The minimum absolute atomic E-state index is 0.109. The molecular weight excluding hydrogens is 275 g/mol. The summed E-state index contributed by atoms with van der Waals surface area (Å²) in [6.07, 6.45) is 2.13. The van der Waals surface area contributed by atoms with Crippen LogP contribution in [0.5, 0.6) is 0 Å². The lowest BCUT2D eigenvalue weighted by Gasteiger charge is -2.13. The van der Waals surface area contributed by atoms with Crippen LogP contribution in [0, 0.1) is 0 Å². The Labute approximate surface area is 116 Å². The second-order valence-corrected chi connectivity index (χ2v) is 4.88. The molecule has 0 spiro atoms. The second-order valence-electron chi connectivity index (χ2n) is 4.07. The topological polar surface area (TPSA) is 50.4 Å². The van der Waals surface area contributed by atoms with Crippen LogP contribution in [0.25, 0.3) is 0 Å². The molecule has 1 heterocycles. The first kappa shape index (κ1) is 13.5. The van der Waals surface area contributed by atoms with E-state index in [0.717, 1.165) is 19.4 Å². The first-order chi connectivity index (χ1) is 8.66. The van der Waals surface area contributed by atoms with E-state index in [0.29, 0.717) is 22.3 Å². The van der Waals surface area contributed by atoms with E-state index in [1.807, 2.05) is 0 Å². The lowest BCUT2D eigenvalue weighted by Crippen LogP contribution is -2.35. The molecule has 98 valence electrons. The summed E-state index contributed by atoms with van der Waals surface area (Å²) in [6.45, 7) is 1.26. The smallest absolute Gasteiger partial charge is 0.319 e. The van der Waals surface area contributed by atoms with Gasteiger partial charge in [0.2, 0.25) is 0 Å². The molecule has 0 saturated carbocycles. The van der Waals surface area contributed by atoms with Crippen molar-refractivity contribution >= 4 is 34.9 Å². The van der Waals surface area contributed by atoms with Crippen LogP contribution in [0.2, 0.25) is 10.0 Å². The van der Waals surface area contributed by atoms with Crippen molar-refractivity contribution in [1.82, 2.24) is 5.32 Å². The zero-order chi connectivity index (χ0) is 13.0. The lowest BCUT2D eigenvalue weighted by molar-refractivity contribution is 0.112. The van der Waals surface area contributed by atoms with Gasteiger partial charge in [0.25, 0.3) is 0 Å². The van der Waals surface area contributed by atoms with Crippen molar-refractivity contribution < 1.29 is 9.53 Å². The fourth-order valence-corrected chi connectivity index (χ4v) is 2.28. The lowest BCUT2D eigenvalue weighted by atomic mass is 10.2. The average Bonchev–Trinajstić information content (AvgIpc) is 2.84. The quantitative estimate of drug-likeness (QED) is 0.897. The molecule has 2 N–H and O–H groups in total. The number of halogens is 2. The van der Waals surface area contributed by atoms with E-state index in [1.165, 1.54) is 0 Å². The number of anilines is 1. The van der Waals surface area contributed by atoms with Gasteiger partial charge in [0.05, 0.1) is 21.8 Å². The monoisotopic (exact) mass is 288 g/mol. The standard InChI is InChI=1S/C12H14Cl2N2O2/c13-9-4-1-5-10(14)11(9)16-12(17)15-7-8-3-2-6-18-8/h1,4-5,8H,2-3,6-7H2,(H2,15,16,17). The number of carbonyl (C=O) groups excluding carboxylic acids is 1. The van der Waals surface area contributed by atoms with Gasteiger partial charge in [-0.15, -0.1) is 0 Å². The van der Waals surface area contributed by atoms with Gasteiger partial charge in [0, 0.05) is 13.2 Å². The van der Waals surface area contributed by atoms with Gasteiger partial charge in [-0.05, 0) is 25.0 Å². The molecule has 2 rings (SSSR count). The van der Waals surface area contributed by atoms with Crippen molar-refractivity contribution in [1.29, 1.82) is 0 Å². The van der Waals surface area contributed by atoms with Crippen LogP contribution in [-0.4, -0.2) is 25.3 Å². The number of hydrogen-bond acceptors (Lipinski definition) is 2. The highest BCUT2D eigenvalue weighted by Gasteiger charge is 2.16. The van der Waals surface area contributed by atoms with Gasteiger partial charge in [0.1, 0.15) is 0 Å². The minimum atomic E-state index is -0.333. The van der Waals surface area contributed by atoms with Gasteiger partial charge in [-0.25, -0.2) is 4.79 Å². The Balaban J connectivity index is 1.86. The first-order valence-corrected chi connectivity index (χ1v) is 6.53. The van der Waals surface area contributed by atoms with Crippen LogP contribution >= 0.6 is 23.2 Å². The third-order valence-electron chi connectivity index (χ3n) is 2.72. The van der Waals surface area contributed by atoms with E-state index in [2.05, 4.69) is 10.6 Å². The number of urea groups is 1. The minimum Gasteiger partial charge on any atom is -0.376 e. The maximum absolute atomic E-state index is 11.7. The van der Waals surface area contributed by atoms with E-state index < -0.39 is 0 Å². The highest BCUT2D eigenvalue weighted by atomic mass is 35.5. The Kier molecular flexibility index (Phi) is 4.69. The maximum atomic E-state index is 11.7. The number of para-hydroxylation sites is 1. The zero-order valence-electron chi connectivity index (χ0n) is 9.71. The molecule has 0 bridgehead atoms. The molecule has 1 unspecified atom stereocenters. The van der Waals surface area contributed by atoms with Crippen LogP contribution in [0.4, 0.5) is 10.5 Å². The number of amides is 2. The summed E-state index contributed by atoms with van der Waals surface area (Å²) < 4.78 is 5.41. The summed E-state index contributed by atoms with van der Waals surface area (Å²) in [5.74, 6) is 0. The average molecular weight is 289 g/mol. The molecule has 1 aliphatic rings. The third-order valence-corrected chi connectivity index (χ3v) is 3.35. The van der Waals surface area contributed by atoms with Gasteiger partial charge in [-0.3, -0.25) is 0 Å². The Morgan fingerprint density at radius 1 is 1.39 bits per heavy atom. The van der Waals surface area contributed by atoms with Gasteiger partial charge >= 0.3 is 6.03 Å². The van der Waals surface area contributed by atoms with Crippen molar-refractivity contribution in [3.63, 3.8) is 0 Å². The van der Waals surface area contributed by atoms with Crippen LogP contribution in [-0.2, 0) is 4.74 Å². The Morgan fingerprint density at radius 2 is 2.11 bits per heavy atom. The molecule has 2 amide bonds. The molecule has 6 heteroatoms. The highest BCUT2D eigenvalue weighted by molar-refractivity contribution is 6.39. The number of benzene rings is 1. The Hall–Kier alpha value is -0.970. The highest BCUT2D eigenvalue weighted by Crippen LogP contribution is 2.29. The zero-order valence-corrected chi connectivity index (χ0v) is 11.2. The van der Waals surface area contributed by atoms with Crippen LogP contribution in [0.15, 0.2) is 18.2 Å².